The quantitative estimate of drug-likeness (QED) is 0.102. The monoisotopic (exact) mass is 703 g/mol. The molecule has 1 fully saturated rings. The summed E-state index contributed by atoms with van der Waals surface area (Å²) in [6.45, 7) is 5.37. The van der Waals surface area contributed by atoms with Crippen LogP contribution in [0.2, 0.25) is 0 Å². The molecule has 11 heteroatoms. The predicted octanol–water partition coefficient (Wildman–Crippen LogP) is 4.58. The molecule has 2 heterocycles. The molecule has 5 atom stereocenters. The highest BCUT2D eigenvalue weighted by Crippen LogP contribution is 2.42. The zero-order valence-corrected chi connectivity index (χ0v) is 29.8. The number of phenolic OH excluding ortho intramolecular Hbond substituents is 1. The van der Waals surface area contributed by atoms with Crippen LogP contribution in [0.25, 0.3) is 0 Å². The van der Waals surface area contributed by atoms with E-state index in [9.17, 15) is 34.8 Å². The van der Waals surface area contributed by atoms with Crippen molar-refractivity contribution < 1.29 is 49.0 Å². The van der Waals surface area contributed by atoms with E-state index >= 15 is 0 Å². The van der Waals surface area contributed by atoms with Crippen molar-refractivity contribution >= 4 is 23.4 Å². The number of aromatic hydroxyl groups is 1. The van der Waals surface area contributed by atoms with E-state index in [-0.39, 0.29) is 55.6 Å². The van der Waals surface area contributed by atoms with Crippen LogP contribution in [0.1, 0.15) is 99.8 Å². The second kappa shape index (κ2) is 16.0. The third kappa shape index (κ3) is 9.18. The van der Waals surface area contributed by atoms with Crippen molar-refractivity contribution in [1.82, 2.24) is 0 Å². The van der Waals surface area contributed by atoms with E-state index in [1.807, 2.05) is 12.1 Å². The average Bonchev–Trinajstić information content (AvgIpc) is 3.10. The molecule has 1 saturated carbocycles. The normalized spacial score (nSPS) is 24.4. The number of anilines is 1. The summed E-state index contributed by atoms with van der Waals surface area (Å²) in [5.74, 6) is 4.06. The van der Waals surface area contributed by atoms with E-state index in [0.29, 0.717) is 72.2 Å². The molecule has 2 aliphatic heterocycles. The van der Waals surface area contributed by atoms with Gasteiger partial charge >= 0.3 is 11.9 Å². The highest BCUT2D eigenvalue weighted by Gasteiger charge is 2.44. The Kier molecular flexibility index (Phi) is 11.9. The van der Waals surface area contributed by atoms with Crippen LogP contribution in [0.3, 0.4) is 0 Å². The topological polar surface area (TPSA) is 172 Å². The van der Waals surface area contributed by atoms with Crippen LogP contribution in [-0.4, -0.2) is 75.7 Å². The Morgan fingerprint density at radius 3 is 2.41 bits per heavy atom. The number of carbonyl (C=O) groups excluding carboxylic acids is 3. The van der Waals surface area contributed by atoms with Gasteiger partial charge in [-0.1, -0.05) is 24.0 Å². The maximum Gasteiger partial charge on any atom is 0.334 e. The molecule has 5 N–H and O–H groups in total. The maximum atomic E-state index is 14.0. The lowest BCUT2D eigenvalue weighted by atomic mass is 9.73. The molecule has 2 bridgehead atoms. The molecule has 0 radical (unpaired) electrons. The molecule has 3 aliphatic rings. The number of fused-ring (bicyclic) bond motifs is 1. The second-order valence-electron chi connectivity index (χ2n) is 14.5. The third-order valence-corrected chi connectivity index (χ3v) is 10.4. The fourth-order valence-corrected chi connectivity index (χ4v) is 7.09. The summed E-state index contributed by atoms with van der Waals surface area (Å²) < 4.78 is 16.8. The van der Waals surface area contributed by atoms with Gasteiger partial charge in [-0.2, -0.15) is 0 Å². The van der Waals surface area contributed by atoms with Crippen molar-refractivity contribution in [3.8, 4) is 23.3 Å². The highest BCUT2D eigenvalue weighted by atomic mass is 16.6. The fraction of sp³-hybridized carbons (Fsp3) is 0.525. The van der Waals surface area contributed by atoms with Gasteiger partial charge in [0.25, 0.3) is 0 Å². The summed E-state index contributed by atoms with van der Waals surface area (Å²) in [5.41, 5.74) is 0.604. The maximum absolute atomic E-state index is 14.0. The number of ketones is 1. The van der Waals surface area contributed by atoms with E-state index in [1.54, 1.807) is 46.1 Å². The number of carbonyl (C=O) groups is 3. The number of esters is 2. The van der Waals surface area contributed by atoms with Crippen LogP contribution < -0.4 is 10.1 Å². The van der Waals surface area contributed by atoms with Gasteiger partial charge in [-0.3, -0.25) is 9.59 Å². The van der Waals surface area contributed by atoms with E-state index in [1.165, 1.54) is 6.07 Å². The molecule has 2 aromatic carbocycles. The number of nitrogens with one attached hydrogen (secondary N) is 1. The lowest BCUT2D eigenvalue weighted by molar-refractivity contribution is -0.169. The number of methoxy groups -OCH3 is 1. The van der Waals surface area contributed by atoms with Crippen molar-refractivity contribution in [2.24, 2.45) is 5.92 Å². The van der Waals surface area contributed by atoms with Gasteiger partial charge in [0.2, 0.25) is 0 Å². The Labute approximate surface area is 299 Å². The van der Waals surface area contributed by atoms with Gasteiger partial charge in [-0.25, -0.2) is 4.79 Å². The van der Waals surface area contributed by atoms with Crippen molar-refractivity contribution in [2.75, 3.05) is 25.6 Å². The third-order valence-electron chi connectivity index (χ3n) is 10.4. The first kappa shape index (κ1) is 38.0. The number of allylic oxidation sites excluding steroid dienone is 1. The molecule has 0 amide bonds. The van der Waals surface area contributed by atoms with Gasteiger partial charge in [0.15, 0.2) is 0 Å². The summed E-state index contributed by atoms with van der Waals surface area (Å²) in [6.07, 6.45) is 2.56. The van der Waals surface area contributed by atoms with E-state index in [4.69, 9.17) is 14.2 Å². The first-order chi connectivity index (χ1) is 24.2. The standard InChI is InChI=1S/C40H49NO10/c1-5-25-16-26(28-14-24(22-42)15-31(17-28)41-23-39(2,47)12-13-49-4)6-7-27-20-37(45)50-35-21-34(44)29(18-33(27)35)19-36(51-38(25)46)40(3,48)30-8-10-32(43)11-9-30/h5,14-15,17-18,21,26-27,30,36,41-42,44,47-48H,8-13,16,19-20,22-23H2,1-4H3/b25-5-/t26-,27-,36+,39+,40-/m0/s1. The molecule has 5 rings (SSSR count). The molecular weight excluding hydrogens is 654 g/mol. The highest BCUT2D eigenvalue weighted by molar-refractivity contribution is 5.89. The molecule has 0 spiro atoms. The largest absolute Gasteiger partial charge is 0.508 e. The van der Waals surface area contributed by atoms with Crippen LogP contribution in [-0.2, 0) is 36.9 Å². The number of hydrogen-bond acceptors (Lipinski definition) is 11. The minimum Gasteiger partial charge on any atom is -0.508 e. The number of cyclic esters (lactones) is 1. The zero-order chi connectivity index (χ0) is 36.9. The van der Waals surface area contributed by atoms with Crippen LogP contribution in [0.15, 0.2) is 42.0 Å². The summed E-state index contributed by atoms with van der Waals surface area (Å²) in [4.78, 5) is 38.8. The van der Waals surface area contributed by atoms with E-state index in [2.05, 4.69) is 17.2 Å². The van der Waals surface area contributed by atoms with Crippen molar-refractivity contribution in [3.63, 3.8) is 0 Å². The van der Waals surface area contributed by atoms with Crippen LogP contribution >= 0.6 is 0 Å². The van der Waals surface area contributed by atoms with Crippen molar-refractivity contribution in [3.05, 3.63) is 64.2 Å². The van der Waals surface area contributed by atoms with Gasteiger partial charge in [0, 0.05) is 74.8 Å². The van der Waals surface area contributed by atoms with Gasteiger partial charge in [0.05, 0.1) is 24.5 Å². The Hall–Kier alpha value is -4.21. The smallest absolute Gasteiger partial charge is 0.334 e. The molecule has 0 aromatic heterocycles. The predicted molar refractivity (Wildman–Crippen MR) is 189 cm³/mol. The Balaban J connectivity index is 1.58. The fourth-order valence-electron chi connectivity index (χ4n) is 7.09. The summed E-state index contributed by atoms with van der Waals surface area (Å²) >= 11 is 0. The van der Waals surface area contributed by atoms with Gasteiger partial charge < -0.3 is 40.0 Å². The molecule has 51 heavy (non-hydrogen) atoms. The number of aliphatic hydroxyl groups excluding tert-OH is 1. The number of phenols is 1. The summed E-state index contributed by atoms with van der Waals surface area (Å²) in [5, 5.41) is 47.4. The van der Waals surface area contributed by atoms with Crippen LogP contribution in [0, 0.1) is 17.8 Å². The molecule has 0 saturated heterocycles. The number of aliphatic hydroxyl groups is 3. The van der Waals surface area contributed by atoms with Crippen LogP contribution in [0.4, 0.5) is 5.69 Å². The Morgan fingerprint density at radius 2 is 1.73 bits per heavy atom. The second-order valence-corrected chi connectivity index (χ2v) is 14.5. The SMILES string of the molecule is C/C=C1/C[C@@H](c2cc(CO)cc(NC[C@](C)(O)CCOC)c2)C#C[C@H]2CC(=O)Oc3cc(O)c(cc32)C[C@H]([C@@](C)(O)C2CCC(=O)CC2)OC1=O. The number of rotatable bonds is 10. The van der Waals surface area contributed by atoms with Gasteiger partial charge in [0.1, 0.15) is 29.0 Å². The zero-order valence-electron chi connectivity index (χ0n) is 29.8. The molecule has 0 unspecified atom stereocenters. The van der Waals surface area contributed by atoms with Gasteiger partial charge in [-0.05, 0) is 80.8 Å². The minimum atomic E-state index is -1.54. The average molecular weight is 704 g/mol. The lowest BCUT2D eigenvalue weighted by Crippen LogP contribution is -2.50. The molecule has 2 aromatic rings. The first-order valence-corrected chi connectivity index (χ1v) is 17.6. The molecule has 1 aliphatic carbocycles. The Morgan fingerprint density at radius 1 is 1.00 bits per heavy atom. The number of hydrogen-bond donors (Lipinski definition) is 5. The molecular formula is C40H49NO10. The molecule has 274 valence electrons. The first-order valence-electron chi connectivity index (χ1n) is 17.6. The van der Waals surface area contributed by atoms with Crippen molar-refractivity contribution in [1.29, 1.82) is 0 Å². The summed E-state index contributed by atoms with van der Waals surface area (Å²) in [6, 6.07) is 8.51. The number of benzene rings is 2. The Bertz CT molecular complexity index is 1720. The van der Waals surface area contributed by atoms with Crippen LogP contribution in [0.5, 0.6) is 11.5 Å². The van der Waals surface area contributed by atoms with E-state index in [0.717, 1.165) is 0 Å². The summed E-state index contributed by atoms with van der Waals surface area (Å²) in [7, 11) is 1.57. The minimum absolute atomic E-state index is 0.0277. The van der Waals surface area contributed by atoms with Crippen molar-refractivity contribution in [2.45, 2.75) is 108 Å². The number of Topliss-reactive ketones (excluding diaryl/α,β-unsaturated/α-hetero) is 1. The number of ether oxygens (including phenoxy) is 3. The lowest BCUT2D eigenvalue weighted by Gasteiger charge is -2.40. The van der Waals surface area contributed by atoms with E-state index < -0.39 is 41.1 Å². The molecule has 11 nitrogen and oxygen atoms in total. The van der Waals surface area contributed by atoms with Gasteiger partial charge in [-0.15, -0.1) is 0 Å².